The summed E-state index contributed by atoms with van der Waals surface area (Å²) in [6.45, 7) is 3.51. The maximum Gasteiger partial charge on any atom is 0.310 e. The van der Waals surface area contributed by atoms with Gasteiger partial charge in [-0.1, -0.05) is 6.92 Å². The van der Waals surface area contributed by atoms with Crippen molar-refractivity contribution in [3.05, 3.63) is 0 Å². The van der Waals surface area contributed by atoms with Crippen molar-refractivity contribution in [1.82, 2.24) is 0 Å². The van der Waals surface area contributed by atoms with Crippen LogP contribution in [-0.2, 0) is 9.53 Å². The summed E-state index contributed by atoms with van der Waals surface area (Å²) in [6.07, 6.45) is 4.83. The number of carbonyl (C=O) groups is 1. The molecule has 1 heterocycles. The van der Waals surface area contributed by atoms with Crippen LogP contribution >= 0.6 is 0 Å². The minimum absolute atomic E-state index is 0.128. The van der Waals surface area contributed by atoms with Gasteiger partial charge in [0.2, 0.25) is 0 Å². The highest BCUT2D eigenvalue weighted by Crippen LogP contribution is 2.54. The van der Waals surface area contributed by atoms with Crippen LogP contribution in [0.25, 0.3) is 0 Å². The minimum atomic E-state index is -0.631. The van der Waals surface area contributed by atoms with Gasteiger partial charge in [-0.25, -0.2) is 0 Å². The van der Waals surface area contributed by atoms with E-state index in [2.05, 4.69) is 6.92 Å². The molecule has 2 fully saturated rings. The van der Waals surface area contributed by atoms with Gasteiger partial charge in [0.1, 0.15) is 0 Å². The van der Waals surface area contributed by atoms with Crippen LogP contribution < -0.4 is 5.73 Å². The summed E-state index contributed by atoms with van der Waals surface area (Å²) in [5.74, 6) is -0.631. The van der Waals surface area contributed by atoms with E-state index in [4.69, 9.17) is 10.5 Å². The zero-order valence-electron chi connectivity index (χ0n) is 10.6. The second-order valence-corrected chi connectivity index (χ2v) is 5.90. The van der Waals surface area contributed by atoms with Crippen LogP contribution in [0.3, 0.4) is 0 Å². The van der Waals surface area contributed by atoms with E-state index < -0.39 is 11.4 Å². The first kappa shape index (κ1) is 12.8. The molecule has 0 aromatic carbocycles. The van der Waals surface area contributed by atoms with E-state index in [0.717, 1.165) is 38.5 Å². The molecule has 0 atom stereocenters. The van der Waals surface area contributed by atoms with E-state index in [1.807, 2.05) is 0 Å². The van der Waals surface area contributed by atoms with Crippen molar-refractivity contribution in [2.45, 2.75) is 51.5 Å². The van der Waals surface area contributed by atoms with Gasteiger partial charge in [0.15, 0.2) is 0 Å². The van der Waals surface area contributed by atoms with Crippen molar-refractivity contribution in [3.63, 3.8) is 0 Å². The molecule has 1 aliphatic carbocycles. The Morgan fingerprint density at radius 2 is 1.76 bits per heavy atom. The van der Waals surface area contributed by atoms with Crippen LogP contribution in [0.4, 0.5) is 0 Å². The van der Waals surface area contributed by atoms with Gasteiger partial charge in [0, 0.05) is 19.3 Å². The molecule has 0 unspecified atom stereocenters. The molecule has 4 heteroatoms. The van der Waals surface area contributed by atoms with Crippen LogP contribution in [-0.4, -0.2) is 30.3 Å². The average molecular weight is 241 g/mol. The molecule has 0 amide bonds. The van der Waals surface area contributed by atoms with Crippen LogP contribution in [0, 0.1) is 10.8 Å². The van der Waals surface area contributed by atoms with Gasteiger partial charge >= 0.3 is 5.97 Å². The molecule has 1 saturated carbocycles. The summed E-state index contributed by atoms with van der Waals surface area (Å²) in [7, 11) is 0. The number of hydrogen-bond acceptors (Lipinski definition) is 3. The Hall–Kier alpha value is -0.610. The third-order valence-electron chi connectivity index (χ3n) is 5.04. The first-order valence-electron chi connectivity index (χ1n) is 6.57. The number of aliphatic carboxylic acids is 1. The molecule has 0 spiro atoms. The summed E-state index contributed by atoms with van der Waals surface area (Å²) in [5.41, 5.74) is 5.21. The molecule has 0 radical (unpaired) electrons. The number of carboxylic acid groups (broad SMARTS) is 1. The smallest absolute Gasteiger partial charge is 0.310 e. The van der Waals surface area contributed by atoms with Crippen molar-refractivity contribution >= 4 is 5.97 Å². The quantitative estimate of drug-likeness (QED) is 0.773. The third-order valence-corrected chi connectivity index (χ3v) is 5.04. The molecule has 0 aromatic rings. The van der Waals surface area contributed by atoms with Gasteiger partial charge in [-0.2, -0.15) is 0 Å². The molecule has 0 bridgehead atoms. The maximum atomic E-state index is 11.8. The lowest BCUT2D eigenvalue weighted by molar-refractivity contribution is -0.168. The third kappa shape index (κ3) is 2.08. The summed E-state index contributed by atoms with van der Waals surface area (Å²) in [5, 5.41) is 9.71. The molecule has 2 rings (SSSR count). The standard InChI is InChI=1S/C13H23NO3/c1-12(6-8-17-9-7-12)13(11(15)16)4-2-10(14)3-5-13/h10H,2-9,14H2,1H3,(H,15,16). The molecule has 3 N–H and O–H groups in total. The predicted octanol–water partition coefficient (Wildman–Crippen LogP) is 1.78. The highest BCUT2D eigenvalue weighted by atomic mass is 16.5. The Morgan fingerprint density at radius 1 is 1.24 bits per heavy atom. The van der Waals surface area contributed by atoms with Crippen LogP contribution in [0.1, 0.15) is 45.4 Å². The van der Waals surface area contributed by atoms with E-state index in [-0.39, 0.29) is 11.5 Å². The lowest BCUT2D eigenvalue weighted by atomic mass is 9.54. The van der Waals surface area contributed by atoms with E-state index in [0.29, 0.717) is 13.2 Å². The molecular weight excluding hydrogens is 218 g/mol. The Balaban J connectivity index is 2.24. The lowest BCUT2D eigenvalue weighted by Crippen LogP contribution is -2.52. The molecule has 98 valence electrons. The first-order chi connectivity index (χ1) is 8.00. The van der Waals surface area contributed by atoms with E-state index in [1.54, 1.807) is 0 Å². The van der Waals surface area contributed by atoms with Crippen molar-refractivity contribution in [3.8, 4) is 0 Å². The normalized spacial score (nSPS) is 37.6. The lowest BCUT2D eigenvalue weighted by Gasteiger charge is -2.50. The highest BCUT2D eigenvalue weighted by Gasteiger charge is 2.54. The Labute approximate surface area is 103 Å². The fourth-order valence-electron chi connectivity index (χ4n) is 3.51. The van der Waals surface area contributed by atoms with Gasteiger partial charge in [0.25, 0.3) is 0 Å². The molecular formula is C13H23NO3. The van der Waals surface area contributed by atoms with Crippen LogP contribution in [0.2, 0.25) is 0 Å². The molecule has 4 nitrogen and oxygen atoms in total. The topological polar surface area (TPSA) is 72.5 Å². The zero-order chi connectivity index (χ0) is 12.5. The summed E-state index contributed by atoms with van der Waals surface area (Å²) < 4.78 is 5.38. The Morgan fingerprint density at radius 3 is 2.24 bits per heavy atom. The van der Waals surface area contributed by atoms with Crippen molar-refractivity contribution in [2.75, 3.05) is 13.2 Å². The van der Waals surface area contributed by atoms with Crippen LogP contribution in [0.5, 0.6) is 0 Å². The van der Waals surface area contributed by atoms with Gasteiger partial charge < -0.3 is 15.6 Å². The SMILES string of the molecule is CC1(C2(C(=O)O)CCC(N)CC2)CCOCC1. The summed E-state index contributed by atoms with van der Waals surface area (Å²) >= 11 is 0. The number of carboxylic acids is 1. The molecule has 1 saturated heterocycles. The number of rotatable bonds is 2. The van der Waals surface area contributed by atoms with Gasteiger partial charge in [-0.05, 0) is 43.9 Å². The Kier molecular flexibility index (Phi) is 3.46. The first-order valence-corrected chi connectivity index (χ1v) is 6.57. The molecule has 1 aliphatic heterocycles. The van der Waals surface area contributed by atoms with E-state index >= 15 is 0 Å². The van der Waals surface area contributed by atoms with Crippen molar-refractivity contribution in [1.29, 1.82) is 0 Å². The molecule has 17 heavy (non-hydrogen) atoms. The fraction of sp³-hybridized carbons (Fsp3) is 0.923. The van der Waals surface area contributed by atoms with Gasteiger partial charge in [0.05, 0.1) is 5.41 Å². The monoisotopic (exact) mass is 241 g/mol. The minimum Gasteiger partial charge on any atom is -0.481 e. The summed E-state index contributed by atoms with van der Waals surface area (Å²) in [4.78, 5) is 11.8. The zero-order valence-corrected chi connectivity index (χ0v) is 10.6. The van der Waals surface area contributed by atoms with Gasteiger partial charge in [-0.15, -0.1) is 0 Å². The Bertz CT molecular complexity index is 289. The average Bonchev–Trinajstić information content (AvgIpc) is 2.30. The summed E-state index contributed by atoms with van der Waals surface area (Å²) in [6, 6.07) is 0.186. The number of ether oxygens (including phenoxy) is 1. The number of nitrogens with two attached hydrogens (primary N) is 1. The second-order valence-electron chi connectivity index (χ2n) is 5.90. The maximum absolute atomic E-state index is 11.8. The number of hydrogen-bond donors (Lipinski definition) is 2. The van der Waals surface area contributed by atoms with E-state index in [9.17, 15) is 9.90 Å². The van der Waals surface area contributed by atoms with Crippen molar-refractivity contribution < 1.29 is 14.6 Å². The molecule has 0 aromatic heterocycles. The largest absolute Gasteiger partial charge is 0.481 e. The van der Waals surface area contributed by atoms with E-state index in [1.165, 1.54) is 0 Å². The second kappa shape index (κ2) is 4.58. The van der Waals surface area contributed by atoms with Gasteiger partial charge in [-0.3, -0.25) is 4.79 Å². The predicted molar refractivity (Wildman–Crippen MR) is 64.7 cm³/mol. The fourth-order valence-corrected chi connectivity index (χ4v) is 3.51. The molecule has 2 aliphatic rings. The van der Waals surface area contributed by atoms with Crippen molar-refractivity contribution in [2.24, 2.45) is 16.6 Å². The highest BCUT2D eigenvalue weighted by molar-refractivity contribution is 5.76. The van der Waals surface area contributed by atoms with Crippen LogP contribution in [0.15, 0.2) is 0 Å².